The van der Waals surface area contributed by atoms with Gasteiger partial charge in [-0.25, -0.2) is 4.79 Å². The lowest BCUT2D eigenvalue weighted by Crippen LogP contribution is -2.25. The SMILES string of the molecule is COC(=O)c1[nH]nc2c1C(c1cccn1-c1ccccc1C)CC(=O)N2. The molecule has 3 heterocycles. The van der Waals surface area contributed by atoms with Crippen LogP contribution in [0.3, 0.4) is 0 Å². The number of nitrogens with zero attached hydrogens (tertiary/aromatic N) is 2. The zero-order chi connectivity index (χ0) is 18.3. The van der Waals surface area contributed by atoms with E-state index in [1.165, 1.54) is 7.11 Å². The average molecular weight is 350 g/mol. The predicted molar refractivity (Wildman–Crippen MR) is 95.5 cm³/mol. The topological polar surface area (TPSA) is 89.0 Å². The van der Waals surface area contributed by atoms with Crippen molar-refractivity contribution in [1.29, 1.82) is 0 Å². The molecule has 7 nitrogen and oxygen atoms in total. The molecule has 1 aliphatic rings. The third-order valence-electron chi connectivity index (χ3n) is 4.70. The summed E-state index contributed by atoms with van der Waals surface area (Å²) >= 11 is 0. The number of nitrogens with one attached hydrogen (secondary N) is 2. The van der Waals surface area contributed by atoms with Crippen molar-refractivity contribution in [3.63, 3.8) is 0 Å². The maximum absolute atomic E-state index is 12.2. The summed E-state index contributed by atoms with van der Waals surface area (Å²) in [6.07, 6.45) is 2.19. The van der Waals surface area contributed by atoms with Crippen LogP contribution in [0.15, 0.2) is 42.6 Å². The van der Waals surface area contributed by atoms with Gasteiger partial charge in [0.15, 0.2) is 5.82 Å². The van der Waals surface area contributed by atoms with E-state index in [0.29, 0.717) is 11.4 Å². The van der Waals surface area contributed by atoms with Crippen LogP contribution in [0.25, 0.3) is 5.69 Å². The molecule has 2 aromatic heterocycles. The van der Waals surface area contributed by atoms with E-state index < -0.39 is 5.97 Å². The summed E-state index contributed by atoms with van der Waals surface area (Å²) in [6, 6.07) is 11.9. The van der Waals surface area contributed by atoms with Crippen LogP contribution in [0, 0.1) is 6.92 Å². The fourth-order valence-corrected chi connectivity index (χ4v) is 3.50. The first-order valence-electron chi connectivity index (χ1n) is 8.30. The van der Waals surface area contributed by atoms with E-state index in [9.17, 15) is 9.59 Å². The molecular formula is C19H18N4O3. The maximum Gasteiger partial charge on any atom is 0.356 e. The first-order chi connectivity index (χ1) is 12.6. The van der Waals surface area contributed by atoms with E-state index in [2.05, 4.69) is 20.1 Å². The van der Waals surface area contributed by atoms with Crippen LogP contribution in [-0.2, 0) is 9.53 Å². The highest BCUT2D eigenvalue weighted by Gasteiger charge is 2.35. The summed E-state index contributed by atoms with van der Waals surface area (Å²) in [4.78, 5) is 24.3. The fourth-order valence-electron chi connectivity index (χ4n) is 3.50. The number of methoxy groups -OCH3 is 1. The maximum atomic E-state index is 12.2. The Bertz CT molecular complexity index is 1000. The number of aromatic amines is 1. The Kier molecular flexibility index (Phi) is 3.84. The van der Waals surface area contributed by atoms with Crippen LogP contribution in [0.5, 0.6) is 0 Å². The van der Waals surface area contributed by atoms with Crippen molar-refractivity contribution in [2.45, 2.75) is 19.3 Å². The van der Waals surface area contributed by atoms with E-state index in [-0.39, 0.29) is 23.9 Å². The third kappa shape index (κ3) is 2.48. The highest BCUT2D eigenvalue weighted by atomic mass is 16.5. The zero-order valence-corrected chi connectivity index (χ0v) is 14.4. The number of aromatic nitrogens is 3. The van der Waals surface area contributed by atoms with Gasteiger partial charge in [-0.15, -0.1) is 0 Å². The summed E-state index contributed by atoms with van der Waals surface area (Å²) in [5.74, 6) is -0.567. The zero-order valence-electron chi connectivity index (χ0n) is 14.4. The van der Waals surface area contributed by atoms with Crippen LogP contribution in [0.2, 0.25) is 0 Å². The second kappa shape index (κ2) is 6.18. The molecule has 1 aromatic carbocycles. The van der Waals surface area contributed by atoms with Gasteiger partial charge >= 0.3 is 5.97 Å². The Morgan fingerprint density at radius 1 is 1.27 bits per heavy atom. The molecule has 0 bridgehead atoms. The van der Waals surface area contributed by atoms with Crippen molar-refractivity contribution in [3.05, 3.63) is 65.1 Å². The summed E-state index contributed by atoms with van der Waals surface area (Å²) in [7, 11) is 1.32. The number of hydrogen-bond donors (Lipinski definition) is 2. The monoisotopic (exact) mass is 350 g/mol. The number of carbonyl (C=O) groups excluding carboxylic acids is 2. The van der Waals surface area contributed by atoms with E-state index in [1.807, 2.05) is 49.5 Å². The fraction of sp³-hybridized carbons (Fsp3) is 0.211. The molecule has 1 aliphatic heterocycles. The Labute approximate surface area is 150 Å². The van der Waals surface area contributed by atoms with Crippen LogP contribution >= 0.6 is 0 Å². The molecule has 4 rings (SSSR count). The normalized spacial score (nSPS) is 16.1. The summed E-state index contributed by atoms with van der Waals surface area (Å²) in [5, 5.41) is 9.51. The van der Waals surface area contributed by atoms with Gasteiger partial charge < -0.3 is 14.6 Å². The number of amides is 1. The van der Waals surface area contributed by atoms with Gasteiger partial charge in [0, 0.05) is 35.5 Å². The number of esters is 1. The number of H-pyrrole nitrogens is 1. The highest BCUT2D eigenvalue weighted by molar-refractivity contribution is 5.98. The second-order valence-electron chi connectivity index (χ2n) is 6.25. The largest absolute Gasteiger partial charge is 0.464 e. The lowest BCUT2D eigenvalue weighted by molar-refractivity contribution is -0.116. The van der Waals surface area contributed by atoms with Gasteiger partial charge in [-0.05, 0) is 30.7 Å². The van der Waals surface area contributed by atoms with Gasteiger partial charge in [0.25, 0.3) is 0 Å². The Morgan fingerprint density at radius 2 is 2.08 bits per heavy atom. The molecular weight excluding hydrogens is 332 g/mol. The first kappa shape index (κ1) is 16.1. The minimum atomic E-state index is -0.506. The summed E-state index contributed by atoms with van der Waals surface area (Å²) < 4.78 is 6.91. The van der Waals surface area contributed by atoms with Crippen molar-refractivity contribution in [3.8, 4) is 5.69 Å². The van der Waals surface area contributed by atoms with Crippen molar-refractivity contribution < 1.29 is 14.3 Å². The van der Waals surface area contributed by atoms with E-state index >= 15 is 0 Å². The number of anilines is 1. The number of fused-ring (bicyclic) bond motifs is 1. The Hall–Kier alpha value is -3.35. The van der Waals surface area contributed by atoms with E-state index in [0.717, 1.165) is 16.9 Å². The van der Waals surface area contributed by atoms with Gasteiger partial charge in [0.05, 0.1) is 7.11 Å². The van der Waals surface area contributed by atoms with Gasteiger partial charge in [-0.3, -0.25) is 9.89 Å². The second-order valence-corrected chi connectivity index (χ2v) is 6.25. The molecule has 1 amide bonds. The summed E-state index contributed by atoms with van der Waals surface area (Å²) in [6.45, 7) is 2.04. The van der Waals surface area contributed by atoms with E-state index in [1.54, 1.807) is 0 Å². The molecule has 3 aromatic rings. The van der Waals surface area contributed by atoms with Gasteiger partial charge in [-0.1, -0.05) is 18.2 Å². The molecule has 1 atom stereocenters. The van der Waals surface area contributed by atoms with Gasteiger partial charge in [0.2, 0.25) is 5.91 Å². The minimum Gasteiger partial charge on any atom is -0.464 e. The molecule has 0 saturated heterocycles. The smallest absolute Gasteiger partial charge is 0.356 e. The molecule has 0 fully saturated rings. The van der Waals surface area contributed by atoms with Gasteiger partial charge in [-0.2, -0.15) is 5.10 Å². The molecule has 26 heavy (non-hydrogen) atoms. The lowest BCUT2D eigenvalue weighted by atomic mass is 9.88. The number of hydrogen-bond acceptors (Lipinski definition) is 4. The summed E-state index contributed by atoms with van der Waals surface area (Å²) in [5.41, 5.74) is 3.99. The predicted octanol–water partition coefficient (Wildman–Crippen LogP) is 2.77. The number of ether oxygens (including phenoxy) is 1. The number of rotatable bonds is 3. The van der Waals surface area contributed by atoms with Gasteiger partial charge in [0.1, 0.15) is 5.69 Å². The average Bonchev–Trinajstić information content (AvgIpc) is 3.27. The molecule has 2 N–H and O–H groups in total. The lowest BCUT2D eigenvalue weighted by Gasteiger charge is -2.24. The Morgan fingerprint density at radius 3 is 2.85 bits per heavy atom. The molecule has 0 spiro atoms. The quantitative estimate of drug-likeness (QED) is 0.711. The number of aryl methyl sites for hydroxylation is 1. The van der Waals surface area contributed by atoms with Crippen LogP contribution in [0.1, 0.15) is 39.6 Å². The van der Waals surface area contributed by atoms with Crippen LogP contribution in [0.4, 0.5) is 5.82 Å². The van der Waals surface area contributed by atoms with Crippen LogP contribution < -0.4 is 5.32 Å². The third-order valence-corrected chi connectivity index (χ3v) is 4.70. The molecule has 1 unspecified atom stereocenters. The number of para-hydroxylation sites is 1. The standard InChI is InChI=1S/C19H18N4O3/c1-11-6-3-4-7-13(11)23-9-5-8-14(23)12-10-15(24)20-18-16(12)17(21-22-18)19(25)26-2/h3-9,12H,10H2,1-2H3,(H2,20,21,22,24). The Balaban J connectivity index is 1.88. The minimum absolute atomic E-state index is 0.136. The molecule has 132 valence electrons. The van der Waals surface area contributed by atoms with Crippen molar-refractivity contribution in [1.82, 2.24) is 14.8 Å². The first-order valence-corrected chi connectivity index (χ1v) is 8.30. The number of benzene rings is 1. The van der Waals surface area contributed by atoms with Crippen molar-refractivity contribution >= 4 is 17.7 Å². The molecule has 0 radical (unpaired) electrons. The number of carbonyl (C=O) groups is 2. The van der Waals surface area contributed by atoms with Crippen LogP contribution in [-0.4, -0.2) is 33.8 Å². The molecule has 7 heteroatoms. The highest BCUT2D eigenvalue weighted by Crippen LogP contribution is 2.39. The molecule has 0 saturated carbocycles. The molecule has 0 aliphatic carbocycles. The van der Waals surface area contributed by atoms with E-state index in [4.69, 9.17) is 4.74 Å². The van der Waals surface area contributed by atoms with Crippen molar-refractivity contribution in [2.24, 2.45) is 0 Å². The van der Waals surface area contributed by atoms with Crippen molar-refractivity contribution in [2.75, 3.05) is 12.4 Å².